The summed E-state index contributed by atoms with van der Waals surface area (Å²) in [6.45, 7) is 9.04. The Hall–Kier alpha value is -1.24. The average Bonchev–Trinajstić information content (AvgIpc) is 2.99. The molecule has 1 fully saturated rings. The van der Waals surface area contributed by atoms with Crippen LogP contribution in [0.15, 0.2) is 0 Å². The summed E-state index contributed by atoms with van der Waals surface area (Å²) >= 11 is 1.98. The fraction of sp³-hybridized carbons (Fsp3) is 0.786. The molecule has 7 heteroatoms. The Labute approximate surface area is 131 Å². The lowest BCUT2D eigenvalue weighted by atomic mass is 10.3. The number of rotatable bonds is 8. The highest BCUT2D eigenvalue weighted by Gasteiger charge is 2.18. The van der Waals surface area contributed by atoms with Crippen LogP contribution in [-0.2, 0) is 0 Å². The van der Waals surface area contributed by atoms with E-state index >= 15 is 0 Å². The van der Waals surface area contributed by atoms with Crippen LogP contribution >= 0.6 is 11.8 Å². The first-order chi connectivity index (χ1) is 10.3. The Morgan fingerprint density at radius 2 is 1.90 bits per heavy atom. The fourth-order valence-corrected chi connectivity index (χ4v) is 3.38. The molecule has 1 atom stereocenters. The number of anilines is 3. The molecule has 6 nitrogen and oxygen atoms in total. The minimum absolute atomic E-state index is 0.473. The molecule has 2 rings (SSSR count). The summed E-state index contributed by atoms with van der Waals surface area (Å²) in [7, 11) is 0. The van der Waals surface area contributed by atoms with Gasteiger partial charge in [-0.05, 0) is 32.4 Å². The molecule has 0 saturated carbocycles. The molecule has 0 aliphatic carbocycles. The number of hydrogen-bond donors (Lipinski definition) is 2. The molecule has 1 unspecified atom stereocenters. The molecule has 1 saturated heterocycles. The van der Waals surface area contributed by atoms with Crippen LogP contribution in [0.4, 0.5) is 17.8 Å². The Kier molecular flexibility index (Phi) is 6.35. The zero-order chi connectivity index (χ0) is 15.1. The predicted molar refractivity (Wildman–Crippen MR) is 91.5 cm³/mol. The van der Waals surface area contributed by atoms with Gasteiger partial charge in [-0.25, -0.2) is 0 Å². The predicted octanol–water partition coefficient (Wildman–Crippen LogP) is 2.46. The molecule has 1 aliphatic heterocycles. The first-order valence-corrected chi connectivity index (χ1v) is 9.01. The van der Waals surface area contributed by atoms with Gasteiger partial charge in [0.1, 0.15) is 0 Å². The van der Waals surface area contributed by atoms with Crippen LogP contribution in [0.2, 0.25) is 0 Å². The summed E-state index contributed by atoms with van der Waals surface area (Å²) < 4.78 is 0. The summed E-state index contributed by atoms with van der Waals surface area (Å²) in [6.07, 6.45) is 2.23. The SMILES string of the molecule is CCCNc1nc(NC2CCSC2)nc(N(CC)CC)n1. The van der Waals surface area contributed by atoms with Crippen LogP contribution < -0.4 is 15.5 Å². The summed E-state index contributed by atoms with van der Waals surface area (Å²) in [5.41, 5.74) is 0. The van der Waals surface area contributed by atoms with Crippen LogP contribution in [0.3, 0.4) is 0 Å². The monoisotopic (exact) mass is 310 g/mol. The summed E-state index contributed by atoms with van der Waals surface area (Å²) in [6, 6.07) is 0.473. The molecule has 0 aromatic carbocycles. The Bertz CT molecular complexity index is 431. The summed E-state index contributed by atoms with van der Waals surface area (Å²) in [5, 5.41) is 6.72. The number of aromatic nitrogens is 3. The van der Waals surface area contributed by atoms with Crippen LogP contribution in [0.1, 0.15) is 33.6 Å². The highest BCUT2D eigenvalue weighted by molar-refractivity contribution is 7.99. The highest BCUT2D eigenvalue weighted by Crippen LogP contribution is 2.21. The molecule has 0 bridgehead atoms. The van der Waals surface area contributed by atoms with Crippen LogP contribution in [0.5, 0.6) is 0 Å². The highest BCUT2D eigenvalue weighted by atomic mass is 32.2. The normalized spacial score (nSPS) is 17.8. The molecule has 2 heterocycles. The van der Waals surface area contributed by atoms with Crippen molar-refractivity contribution < 1.29 is 0 Å². The average molecular weight is 310 g/mol. The van der Waals surface area contributed by atoms with Crippen molar-refractivity contribution in [2.45, 2.75) is 39.7 Å². The molecule has 21 heavy (non-hydrogen) atoms. The lowest BCUT2D eigenvalue weighted by Crippen LogP contribution is -2.27. The molecule has 1 aromatic heterocycles. The van der Waals surface area contributed by atoms with Crippen molar-refractivity contribution in [2.75, 3.05) is 46.7 Å². The van der Waals surface area contributed by atoms with Crippen molar-refractivity contribution in [3.8, 4) is 0 Å². The zero-order valence-corrected chi connectivity index (χ0v) is 14.0. The van der Waals surface area contributed by atoms with E-state index in [1.165, 1.54) is 12.2 Å². The van der Waals surface area contributed by atoms with Gasteiger partial charge in [0.2, 0.25) is 17.8 Å². The lowest BCUT2D eigenvalue weighted by Gasteiger charge is -2.20. The van der Waals surface area contributed by atoms with E-state index in [4.69, 9.17) is 0 Å². The van der Waals surface area contributed by atoms with E-state index in [1.54, 1.807) is 0 Å². The topological polar surface area (TPSA) is 66.0 Å². The Morgan fingerprint density at radius 1 is 1.14 bits per heavy atom. The van der Waals surface area contributed by atoms with Gasteiger partial charge in [0.05, 0.1) is 0 Å². The number of nitrogens with one attached hydrogen (secondary N) is 2. The number of hydrogen-bond acceptors (Lipinski definition) is 7. The molecular weight excluding hydrogens is 284 g/mol. The van der Waals surface area contributed by atoms with Crippen LogP contribution in [0.25, 0.3) is 0 Å². The van der Waals surface area contributed by atoms with Gasteiger partial charge in [-0.15, -0.1) is 0 Å². The van der Waals surface area contributed by atoms with Crippen LogP contribution in [-0.4, -0.2) is 52.1 Å². The third kappa shape index (κ3) is 4.62. The largest absolute Gasteiger partial charge is 0.354 e. The molecule has 118 valence electrons. The number of nitrogens with zero attached hydrogens (tertiary/aromatic N) is 4. The van der Waals surface area contributed by atoms with Gasteiger partial charge in [0, 0.05) is 31.4 Å². The third-order valence-corrected chi connectivity index (χ3v) is 4.63. The van der Waals surface area contributed by atoms with Crippen molar-refractivity contribution in [2.24, 2.45) is 0 Å². The second-order valence-corrected chi connectivity index (χ2v) is 6.24. The van der Waals surface area contributed by atoms with E-state index < -0.39 is 0 Å². The van der Waals surface area contributed by atoms with Gasteiger partial charge in [0.25, 0.3) is 0 Å². The quantitative estimate of drug-likeness (QED) is 0.764. The van der Waals surface area contributed by atoms with Gasteiger partial charge in [0.15, 0.2) is 0 Å². The van der Waals surface area contributed by atoms with Crippen molar-refractivity contribution in [3.63, 3.8) is 0 Å². The standard InChI is InChI=1S/C14H26N6S/c1-4-8-15-12-17-13(16-11-7-9-21-10-11)19-14(18-12)20(5-2)6-3/h11H,4-10H2,1-3H3,(H2,15,16,17,18,19). The number of thioether (sulfide) groups is 1. The molecule has 0 amide bonds. The third-order valence-electron chi connectivity index (χ3n) is 3.47. The van der Waals surface area contributed by atoms with Gasteiger partial charge < -0.3 is 15.5 Å². The molecule has 0 radical (unpaired) electrons. The first-order valence-electron chi connectivity index (χ1n) is 7.86. The van der Waals surface area contributed by atoms with Gasteiger partial charge in [-0.3, -0.25) is 0 Å². The second-order valence-electron chi connectivity index (χ2n) is 5.09. The van der Waals surface area contributed by atoms with E-state index in [0.717, 1.165) is 37.8 Å². The van der Waals surface area contributed by atoms with E-state index in [9.17, 15) is 0 Å². The minimum atomic E-state index is 0.473. The summed E-state index contributed by atoms with van der Waals surface area (Å²) in [5.74, 6) is 4.46. The zero-order valence-electron chi connectivity index (χ0n) is 13.2. The van der Waals surface area contributed by atoms with Gasteiger partial charge >= 0.3 is 0 Å². The molecular formula is C14H26N6S. The van der Waals surface area contributed by atoms with E-state index in [1.807, 2.05) is 11.8 Å². The Morgan fingerprint density at radius 3 is 2.52 bits per heavy atom. The smallest absolute Gasteiger partial charge is 0.231 e. The van der Waals surface area contributed by atoms with Gasteiger partial charge in [-0.1, -0.05) is 6.92 Å². The van der Waals surface area contributed by atoms with Gasteiger partial charge in [-0.2, -0.15) is 26.7 Å². The van der Waals surface area contributed by atoms with Crippen LogP contribution in [0, 0.1) is 0 Å². The van der Waals surface area contributed by atoms with E-state index in [2.05, 4.69) is 51.3 Å². The Balaban J connectivity index is 2.18. The molecule has 1 aromatic rings. The maximum absolute atomic E-state index is 4.59. The van der Waals surface area contributed by atoms with Crippen molar-refractivity contribution in [1.82, 2.24) is 15.0 Å². The van der Waals surface area contributed by atoms with E-state index in [0.29, 0.717) is 17.9 Å². The van der Waals surface area contributed by atoms with Crippen molar-refractivity contribution in [3.05, 3.63) is 0 Å². The maximum atomic E-state index is 4.59. The minimum Gasteiger partial charge on any atom is -0.354 e. The van der Waals surface area contributed by atoms with Crippen molar-refractivity contribution in [1.29, 1.82) is 0 Å². The molecule has 2 N–H and O–H groups in total. The second kappa shape index (κ2) is 8.26. The first kappa shape index (κ1) is 16.1. The summed E-state index contributed by atoms with van der Waals surface area (Å²) in [4.78, 5) is 15.8. The lowest BCUT2D eigenvalue weighted by molar-refractivity contribution is 0.778. The molecule has 0 spiro atoms. The van der Waals surface area contributed by atoms with Crippen molar-refractivity contribution >= 4 is 29.6 Å². The maximum Gasteiger partial charge on any atom is 0.231 e. The fourth-order valence-electron chi connectivity index (χ4n) is 2.22. The van der Waals surface area contributed by atoms with E-state index in [-0.39, 0.29) is 0 Å². The molecule has 1 aliphatic rings.